The molecule has 0 aliphatic carbocycles. The number of hydrogen-bond acceptors (Lipinski definition) is 6. The summed E-state index contributed by atoms with van der Waals surface area (Å²) in [4.78, 5) is 36.1. The lowest BCUT2D eigenvalue weighted by atomic mass is 9.81. The summed E-state index contributed by atoms with van der Waals surface area (Å²) < 4.78 is 12.3. The number of hydrogen-bond donors (Lipinski definition) is 0. The molecule has 1 aliphatic rings. The number of rotatable bonds is 17. The number of benzene rings is 1. The number of amides is 2. The van der Waals surface area contributed by atoms with Gasteiger partial charge in [-0.2, -0.15) is 0 Å². The number of likely N-dealkylation sites (tertiary alicyclic amines) is 1. The Balaban J connectivity index is 2.29. The normalized spacial score (nSPS) is 20.6. The Morgan fingerprint density at radius 3 is 2.23 bits per heavy atom. The van der Waals surface area contributed by atoms with Crippen LogP contribution in [0.4, 0.5) is 0 Å². The van der Waals surface area contributed by atoms with Crippen molar-refractivity contribution in [2.45, 2.75) is 104 Å². The number of thioether (sulfide) groups is 1. The third kappa shape index (κ3) is 10.1. The number of methoxy groups -OCH3 is 2. The van der Waals surface area contributed by atoms with Crippen LogP contribution in [0.3, 0.4) is 0 Å². The molecule has 0 radical (unpaired) electrons. The lowest BCUT2D eigenvalue weighted by Gasteiger charge is -2.40. The minimum atomic E-state index is -0.387. The highest BCUT2D eigenvalue weighted by molar-refractivity contribution is 8.13. The zero-order valence-electron chi connectivity index (χ0n) is 29.4. The maximum atomic E-state index is 14.1. The van der Waals surface area contributed by atoms with Crippen molar-refractivity contribution in [2.24, 2.45) is 34.6 Å². The van der Waals surface area contributed by atoms with Gasteiger partial charge in [-0.15, -0.1) is 11.8 Å². The lowest BCUT2D eigenvalue weighted by molar-refractivity contribution is -0.145. The molecule has 1 aliphatic heterocycles. The van der Waals surface area contributed by atoms with Crippen LogP contribution < -0.4 is 0 Å². The van der Waals surface area contributed by atoms with Gasteiger partial charge in [-0.3, -0.25) is 14.6 Å². The molecule has 0 N–H and O–H groups in total. The number of aliphatic imine (C=N–C) groups is 1. The number of likely N-dealkylation sites (N-methyl/N-ethyl adjacent to an activating group) is 1. The average molecular weight is 632 g/mol. The number of ether oxygens (including phenoxy) is 2. The molecule has 8 unspecified atom stereocenters. The largest absolute Gasteiger partial charge is 0.379 e. The van der Waals surface area contributed by atoms with E-state index in [1.165, 1.54) is 5.56 Å². The first-order valence-corrected chi connectivity index (χ1v) is 17.8. The molecule has 44 heavy (non-hydrogen) atoms. The predicted molar refractivity (Wildman–Crippen MR) is 185 cm³/mol. The minimum Gasteiger partial charge on any atom is -0.379 e. The van der Waals surface area contributed by atoms with Crippen LogP contribution >= 0.6 is 11.8 Å². The fraction of sp³-hybridized carbons (Fsp3) is 0.750. The fourth-order valence-corrected chi connectivity index (χ4v) is 7.65. The zero-order valence-corrected chi connectivity index (χ0v) is 30.2. The monoisotopic (exact) mass is 631 g/mol. The third-order valence-corrected chi connectivity index (χ3v) is 11.1. The molecule has 1 aromatic carbocycles. The first kappa shape index (κ1) is 38.3. The van der Waals surface area contributed by atoms with E-state index in [9.17, 15) is 9.59 Å². The maximum absolute atomic E-state index is 14.1. The van der Waals surface area contributed by atoms with Crippen LogP contribution in [-0.2, 0) is 25.5 Å². The van der Waals surface area contributed by atoms with Crippen molar-refractivity contribution in [2.75, 3.05) is 41.1 Å². The van der Waals surface area contributed by atoms with Gasteiger partial charge in [0.15, 0.2) is 0 Å². The van der Waals surface area contributed by atoms with Crippen molar-refractivity contribution in [1.82, 2.24) is 9.80 Å². The Morgan fingerprint density at radius 1 is 1.05 bits per heavy atom. The summed E-state index contributed by atoms with van der Waals surface area (Å²) in [5, 5.41) is 1.11. The molecule has 1 aromatic rings. The van der Waals surface area contributed by atoms with Gasteiger partial charge >= 0.3 is 0 Å². The Kier molecular flexibility index (Phi) is 16.5. The van der Waals surface area contributed by atoms with Crippen LogP contribution in [0.1, 0.15) is 79.2 Å². The average Bonchev–Trinajstić information content (AvgIpc) is 3.50. The minimum absolute atomic E-state index is 0.0217. The number of carbonyl (C=O) groups excluding carboxylic acids is 2. The van der Waals surface area contributed by atoms with Crippen molar-refractivity contribution in [3.63, 3.8) is 0 Å². The van der Waals surface area contributed by atoms with Crippen LogP contribution in [0.5, 0.6) is 0 Å². The lowest BCUT2D eigenvalue weighted by Crippen LogP contribution is -2.53. The number of carbonyl (C=O) groups is 2. The predicted octanol–water partition coefficient (Wildman–Crippen LogP) is 6.84. The quantitative estimate of drug-likeness (QED) is 0.139. The van der Waals surface area contributed by atoms with E-state index >= 15 is 0 Å². The molecule has 7 nitrogen and oxygen atoms in total. The molecule has 0 saturated carbocycles. The van der Waals surface area contributed by atoms with E-state index in [0.29, 0.717) is 24.8 Å². The van der Waals surface area contributed by atoms with Crippen molar-refractivity contribution in [3.05, 3.63) is 35.9 Å². The van der Waals surface area contributed by atoms with Gasteiger partial charge in [-0.25, -0.2) is 0 Å². The summed E-state index contributed by atoms with van der Waals surface area (Å²) >= 11 is 1.70. The van der Waals surface area contributed by atoms with Crippen LogP contribution in [0.15, 0.2) is 35.3 Å². The third-order valence-electron chi connectivity index (χ3n) is 10.2. The summed E-state index contributed by atoms with van der Waals surface area (Å²) in [6, 6.07) is 10.3. The smallest absolute Gasteiger partial charge is 0.225 e. The maximum Gasteiger partial charge on any atom is 0.225 e. The van der Waals surface area contributed by atoms with Gasteiger partial charge in [0.25, 0.3) is 0 Å². The molecular weight excluding hydrogens is 570 g/mol. The Bertz CT molecular complexity index is 1040. The molecule has 1 fully saturated rings. The summed E-state index contributed by atoms with van der Waals surface area (Å²) in [5.41, 5.74) is 1.27. The standard InChI is InChI=1S/C36H61N3O4S/c1-12-25(4)34(38(8)32(40)21-26(5)24(2)3)31(42-9)23-33(41)39-20-16-19-30(39)35(43-10)27(6)29(36(37-7)44-11)22-28-17-14-13-15-18-28/h13-15,17-18,24-27,29-31,34-35H,12,16,19-23H2,1-11H3. The molecule has 0 aromatic heterocycles. The Morgan fingerprint density at radius 2 is 1.70 bits per heavy atom. The first-order valence-electron chi connectivity index (χ1n) is 16.6. The summed E-state index contributed by atoms with van der Waals surface area (Å²) in [7, 11) is 7.20. The van der Waals surface area contributed by atoms with Gasteiger partial charge in [0.05, 0.1) is 35.8 Å². The highest BCUT2D eigenvalue weighted by Gasteiger charge is 2.42. The van der Waals surface area contributed by atoms with Crippen molar-refractivity contribution in [3.8, 4) is 0 Å². The second kappa shape index (κ2) is 18.9. The number of nitrogens with zero attached hydrogens (tertiary/aromatic N) is 3. The summed E-state index contributed by atoms with van der Waals surface area (Å²) in [6.07, 6.45) is 5.92. The van der Waals surface area contributed by atoms with E-state index in [1.54, 1.807) is 26.0 Å². The van der Waals surface area contributed by atoms with Gasteiger partial charge in [0.2, 0.25) is 11.8 Å². The summed E-state index contributed by atoms with van der Waals surface area (Å²) in [5.74, 6) is 1.42. The SMILES string of the molecule is CCC(C)C(C(CC(=O)N1CCCC1C(OC)C(C)C(Cc1ccccc1)C(=NC)SC)OC)N(C)C(=O)CC(C)C(C)C. The Labute approximate surface area is 272 Å². The second-order valence-electron chi connectivity index (χ2n) is 13.2. The highest BCUT2D eigenvalue weighted by atomic mass is 32.2. The molecule has 0 bridgehead atoms. The van der Waals surface area contributed by atoms with Crippen LogP contribution in [-0.4, -0.2) is 92.1 Å². The molecule has 8 heteroatoms. The molecule has 1 saturated heterocycles. The molecule has 2 amide bonds. The van der Waals surface area contributed by atoms with Crippen molar-refractivity contribution >= 4 is 28.6 Å². The van der Waals surface area contributed by atoms with E-state index in [2.05, 4.69) is 77.1 Å². The van der Waals surface area contributed by atoms with E-state index in [1.807, 2.05) is 30.0 Å². The molecule has 1 heterocycles. The van der Waals surface area contributed by atoms with E-state index < -0.39 is 0 Å². The van der Waals surface area contributed by atoms with Crippen LogP contribution in [0, 0.1) is 29.6 Å². The zero-order chi connectivity index (χ0) is 33.0. The molecular formula is C36H61N3O4S. The van der Waals surface area contributed by atoms with Crippen LogP contribution in [0.2, 0.25) is 0 Å². The topological polar surface area (TPSA) is 71.4 Å². The van der Waals surface area contributed by atoms with Crippen LogP contribution in [0.25, 0.3) is 0 Å². The van der Waals surface area contributed by atoms with Crippen molar-refractivity contribution < 1.29 is 19.1 Å². The highest BCUT2D eigenvalue weighted by Crippen LogP contribution is 2.34. The van der Waals surface area contributed by atoms with E-state index in [0.717, 1.165) is 30.7 Å². The first-order chi connectivity index (χ1) is 20.9. The van der Waals surface area contributed by atoms with Gasteiger partial charge in [0, 0.05) is 47.2 Å². The van der Waals surface area contributed by atoms with E-state index in [4.69, 9.17) is 9.47 Å². The van der Waals surface area contributed by atoms with Gasteiger partial charge < -0.3 is 19.3 Å². The molecule has 2 rings (SSSR count). The van der Waals surface area contributed by atoms with Gasteiger partial charge in [-0.05, 0) is 54.8 Å². The fourth-order valence-electron chi connectivity index (χ4n) is 6.86. The Hall–Kier alpha value is -1.90. The summed E-state index contributed by atoms with van der Waals surface area (Å²) in [6.45, 7) is 13.7. The van der Waals surface area contributed by atoms with E-state index in [-0.39, 0.29) is 60.3 Å². The molecule has 250 valence electrons. The van der Waals surface area contributed by atoms with Crippen molar-refractivity contribution in [1.29, 1.82) is 0 Å². The van der Waals surface area contributed by atoms with Gasteiger partial charge in [-0.1, -0.05) is 78.3 Å². The molecule has 0 spiro atoms. The molecule has 8 atom stereocenters. The second-order valence-corrected chi connectivity index (χ2v) is 14.0. The van der Waals surface area contributed by atoms with Gasteiger partial charge in [0.1, 0.15) is 0 Å².